The molecule has 0 heterocycles. The monoisotopic (exact) mass is 195 g/mol. The number of benzene rings is 1. The molecule has 0 aliphatic carbocycles. The maximum atomic E-state index is 10.9. The quantitative estimate of drug-likeness (QED) is 0.453. The Hall–Kier alpha value is -1.26. The van der Waals surface area contributed by atoms with Crippen molar-refractivity contribution in [3.63, 3.8) is 0 Å². The Bertz CT molecular complexity index is 311. The Balaban J connectivity index is 2.60. The summed E-state index contributed by atoms with van der Waals surface area (Å²) < 4.78 is 5.12. The van der Waals surface area contributed by atoms with E-state index in [1.807, 2.05) is 18.2 Å². The van der Waals surface area contributed by atoms with Gasteiger partial charge in [0.2, 0.25) is 0 Å². The third-order valence-electron chi connectivity index (χ3n) is 1.32. The van der Waals surface area contributed by atoms with Gasteiger partial charge in [-0.2, -0.15) is 0 Å². The molecule has 0 saturated carbocycles. The van der Waals surface area contributed by atoms with Crippen LogP contribution in [0.1, 0.15) is 0 Å². The molecule has 0 aliphatic rings. The first-order valence-corrected chi connectivity index (χ1v) is 4.45. The van der Waals surface area contributed by atoms with Crippen molar-refractivity contribution in [1.29, 1.82) is 0 Å². The number of rotatable bonds is 3. The molecule has 68 valence electrons. The lowest BCUT2D eigenvalue weighted by atomic mass is 10.3. The van der Waals surface area contributed by atoms with E-state index in [-0.39, 0.29) is 10.9 Å². The minimum absolute atomic E-state index is 0.0405. The van der Waals surface area contributed by atoms with Crippen molar-refractivity contribution in [3.8, 4) is 5.75 Å². The summed E-state index contributed by atoms with van der Waals surface area (Å²) in [6.45, 7) is 3.45. The molecule has 1 rings (SSSR count). The Kier molecular flexibility index (Phi) is 3.54. The predicted molar refractivity (Wildman–Crippen MR) is 53.0 cm³/mol. The molecule has 0 saturated heterocycles. The van der Waals surface area contributed by atoms with Crippen LogP contribution >= 0.6 is 11.9 Å². The summed E-state index contributed by atoms with van der Waals surface area (Å²) >= 11 is 0.589. The highest BCUT2D eigenvalue weighted by Crippen LogP contribution is 2.13. The van der Waals surface area contributed by atoms with E-state index in [2.05, 4.69) is 6.58 Å². The van der Waals surface area contributed by atoms with Crippen molar-refractivity contribution in [2.75, 3.05) is 0 Å². The summed E-state index contributed by atoms with van der Waals surface area (Å²) in [7, 11) is 0. The van der Waals surface area contributed by atoms with Gasteiger partial charge in [-0.25, -0.2) is 0 Å². The van der Waals surface area contributed by atoms with Crippen molar-refractivity contribution in [3.05, 3.63) is 42.7 Å². The SMILES string of the molecule is C=C(Oc1ccccc1)C(=O)SN. The Morgan fingerprint density at radius 3 is 2.54 bits per heavy atom. The minimum Gasteiger partial charge on any atom is -0.453 e. The van der Waals surface area contributed by atoms with E-state index in [1.165, 1.54) is 0 Å². The molecule has 4 heteroatoms. The van der Waals surface area contributed by atoms with Gasteiger partial charge < -0.3 is 4.74 Å². The molecule has 0 radical (unpaired) electrons. The van der Waals surface area contributed by atoms with Crippen LogP contribution in [-0.2, 0) is 4.79 Å². The molecule has 0 unspecified atom stereocenters. The predicted octanol–water partition coefficient (Wildman–Crippen LogP) is 1.71. The molecule has 0 bridgehead atoms. The number of hydrogen-bond acceptors (Lipinski definition) is 4. The van der Waals surface area contributed by atoms with Gasteiger partial charge in [0.15, 0.2) is 5.76 Å². The molecule has 13 heavy (non-hydrogen) atoms. The van der Waals surface area contributed by atoms with E-state index in [0.717, 1.165) is 0 Å². The summed E-state index contributed by atoms with van der Waals surface area (Å²) in [6.07, 6.45) is 0. The van der Waals surface area contributed by atoms with E-state index in [4.69, 9.17) is 9.88 Å². The number of nitrogens with two attached hydrogens (primary N) is 1. The average Bonchev–Trinajstić information content (AvgIpc) is 2.18. The van der Waals surface area contributed by atoms with Gasteiger partial charge in [0, 0.05) is 0 Å². The van der Waals surface area contributed by atoms with Crippen LogP contribution < -0.4 is 9.88 Å². The average molecular weight is 195 g/mol. The Morgan fingerprint density at radius 2 is 2.00 bits per heavy atom. The summed E-state index contributed by atoms with van der Waals surface area (Å²) in [6, 6.07) is 8.94. The number of hydrogen-bond donors (Lipinski definition) is 1. The van der Waals surface area contributed by atoms with Gasteiger partial charge >= 0.3 is 0 Å². The second-order valence-electron chi connectivity index (χ2n) is 2.24. The topological polar surface area (TPSA) is 52.3 Å². The van der Waals surface area contributed by atoms with Crippen molar-refractivity contribution in [2.24, 2.45) is 5.14 Å². The Labute approximate surface area is 80.7 Å². The molecule has 0 atom stereocenters. The number of ether oxygens (including phenoxy) is 1. The van der Waals surface area contributed by atoms with Crippen LogP contribution in [0, 0.1) is 0 Å². The first-order valence-electron chi connectivity index (χ1n) is 3.57. The molecule has 1 aromatic rings. The van der Waals surface area contributed by atoms with Crippen LogP contribution in [0.5, 0.6) is 5.75 Å². The van der Waals surface area contributed by atoms with Gasteiger partial charge in [-0.1, -0.05) is 24.8 Å². The molecule has 0 amide bonds. The van der Waals surface area contributed by atoms with Gasteiger partial charge in [0.1, 0.15) is 5.75 Å². The molecule has 0 spiro atoms. The Morgan fingerprint density at radius 1 is 1.38 bits per heavy atom. The van der Waals surface area contributed by atoms with Crippen molar-refractivity contribution >= 4 is 17.1 Å². The molecular formula is C9H9NO2S. The van der Waals surface area contributed by atoms with Gasteiger partial charge in [-0.3, -0.25) is 9.93 Å². The highest BCUT2D eigenvalue weighted by Gasteiger charge is 2.07. The number of para-hydroxylation sites is 1. The molecule has 2 N–H and O–H groups in total. The normalized spacial score (nSPS) is 9.31. The van der Waals surface area contributed by atoms with Crippen molar-refractivity contribution in [2.45, 2.75) is 0 Å². The summed E-state index contributed by atoms with van der Waals surface area (Å²) in [4.78, 5) is 10.9. The standard InChI is InChI=1S/C9H9NO2S/c1-7(9(11)13-10)12-8-5-3-2-4-6-8/h2-6H,1,10H2. The van der Waals surface area contributed by atoms with E-state index in [9.17, 15) is 4.79 Å². The fourth-order valence-electron chi connectivity index (χ4n) is 0.738. The lowest BCUT2D eigenvalue weighted by Gasteiger charge is -2.04. The number of carbonyl (C=O) groups is 1. The summed E-state index contributed by atoms with van der Waals surface area (Å²) in [5, 5.41) is 4.68. The van der Waals surface area contributed by atoms with Gasteiger partial charge in [-0.15, -0.1) is 0 Å². The van der Waals surface area contributed by atoms with Gasteiger partial charge in [-0.05, 0) is 24.1 Å². The third-order valence-corrected chi connectivity index (χ3v) is 1.76. The smallest absolute Gasteiger partial charge is 0.268 e. The van der Waals surface area contributed by atoms with Crippen LogP contribution in [0.25, 0.3) is 0 Å². The van der Waals surface area contributed by atoms with Crippen molar-refractivity contribution < 1.29 is 9.53 Å². The largest absolute Gasteiger partial charge is 0.453 e. The fourth-order valence-corrected chi connectivity index (χ4v) is 0.911. The molecule has 0 fully saturated rings. The van der Waals surface area contributed by atoms with Gasteiger partial charge in [0.05, 0.1) is 0 Å². The molecule has 0 aliphatic heterocycles. The number of carbonyl (C=O) groups excluding carboxylic acids is 1. The maximum absolute atomic E-state index is 10.9. The highest BCUT2D eigenvalue weighted by atomic mass is 32.2. The van der Waals surface area contributed by atoms with Crippen LogP contribution in [0.15, 0.2) is 42.7 Å². The first-order chi connectivity index (χ1) is 6.24. The maximum Gasteiger partial charge on any atom is 0.268 e. The van der Waals surface area contributed by atoms with Crippen LogP contribution in [-0.4, -0.2) is 5.12 Å². The van der Waals surface area contributed by atoms with E-state index < -0.39 is 0 Å². The van der Waals surface area contributed by atoms with Gasteiger partial charge in [0.25, 0.3) is 5.12 Å². The van der Waals surface area contributed by atoms with Crippen LogP contribution in [0.3, 0.4) is 0 Å². The van der Waals surface area contributed by atoms with Crippen molar-refractivity contribution in [1.82, 2.24) is 0 Å². The third kappa shape index (κ3) is 2.93. The summed E-state index contributed by atoms with van der Waals surface area (Å²) in [5.41, 5.74) is 0. The molecule has 1 aromatic carbocycles. The summed E-state index contributed by atoms with van der Waals surface area (Å²) in [5.74, 6) is 0.619. The first kappa shape index (κ1) is 9.83. The minimum atomic E-state index is -0.371. The molecule has 3 nitrogen and oxygen atoms in total. The zero-order valence-corrected chi connectivity index (χ0v) is 7.71. The van der Waals surface area contributed by atoms with E-state index in [0.29, 0.717) is 17.7 Å². The fraction of sp³-hybridized carbons (Fsp3) is 0. The lowest BCUT2D eigenvalue weighted by Crippen LogP contribution is -2.05. The molecular weight excluding hydrogens is 186 g/mol. The lowest BCUT2D eigenvalue weighted by molar-refractivity contribution is -0.109. The zero-order valence-electron chi connectivity index (χ0n) is 6.90. The highest BCUT2D eigenvalue weighted by molar-refractivity contribution is 8.12. The molecule has 0 aromatic heterocycles. The second-order valence-corrected chi connectivity index (χ2v) is 2.85. The second kappa shape index (κ2) is 4.69. The van der Waals surface area contributed by atoms with E-state index in [1.54, 1.807) is 12.1 Å². The van der Waals surface area contributed by atoms with Crippen LogP contribution in [0.4, 0.5) is 0 Å². The van der Waals surface area contributed by atoms with E-state index >= 15 is 0 Å². The zero-order chi connectivity index (χ0) is 9.68. The van der Waals surface area contributed by atoms with Crippen LogP contribution in [0.2, 0.25) is 0 Å².